The number of hydrogen-bond donors (Lipinski definition) is 2. The van der Waals surface area contributed by atoms with Crippen LogP contribution in [0.5, 0.6) is 0 Å². The topological polar surface area (TPSA) is 35.5 Å². The molecule has 102 valence electrons. The Balaban J connectivity index is 2.79. The van der Waals surface area contributed by atoms with E-state index in [0.717, 1.165) is 0 Å². The van der Waals surface area contributed by atoms with Crippen LogP contribution in [0.25, 0.3) is 0 Å². The van der Waals surface area contributed by atoms with Crippen molar-refractivity contribution in [1.29, 1.82) is 0 Å². The van der Waals surface area contributed by atoms with Gasteiger partial charge in [0.25, 0.3) is 0 Å². The molecule has 1 unspecified atom stereocenters. The van der Waals surface area contributed by atoms with E-state index in [2.05, 4.69) is 5.32 Å². The minimum absolute atomic E-state index is 0.131. The number of aliphatic hydroxyl groups excluding tert-OH is 1. The van der Waals surface area contributed by atoms with Gasteiger partial charge in [-0.2, -0.15) is 0 Å². The Morgan fingerprint density at radius 2 is 1.67 bits per heavy atom. The molecule has 18 heavy (non-hydrogen) atoms. The molecule has 0 fully saturated rings. The molecule has 0 aromatic heterocycles. The first-order valence-corrected chi connectivity index (χ1v) is 5.22. The fraction of sp³-hybridized carbons (Fsp3) is 0.455. The van der Waals surface area contributed by atoms with E-state index in [1.807, 2.05) is 0 Å². The molecule has 0 bridgehead atoms. The zero-order valence-corrected chi connectivity index (χ0v) is 9.98. The lowest BCUT2D eigenvalue weighted by atomic mass is 10.2. The second-order valence-corrected chi connectivity index (χ2v) is 4.14. The molecule has 0 radical (unpaired) electrons. The summed E-state index contributed by atoms with van der Waals surface area (Å²) in [7, 11) is 3.40. The van der Waals surface area contributed by atoms with Crippen molar-refractivity contribution in [1.82, 2.24) is 4.90 Å². The van der Waals surface area contributed by atoms with Crippen molar-refractivity contribution in [2.45, 2.75) is 6.10 Å². The van der Waals surface area contributed by atoms with Crippen LogP contribution in [0.2, 0.25) is 0 Å². The number of nitrogens with one attached hydrogen (secondary N) is 1. The molecule has 0 aliphatic heterocycles. The van der Waals surface area contributed by atoms with Gasteiger partial charge in [-0.3, -0.25) is 0 Å². The maximum absolute atomic E-state index is 13.2. The predicted octanol–water partition coefficient (Wildman–Crippen LogP) is 1.58. The van der Waals surface area contributed by atoms with Gasteiger partial charge in [0, 0.05) is 19.2 Å². The molecule has 7 heteroatoms. The van der Waals surface area contributed by atoms with E-state index in [1.54, 1.807) is 19.0 Å². The summed E-state index contributed by atoms with van der Waals surface area (Å²) in [5.41, 5.74) is -0.912. The monoisotopic (exact) mass is 266 g/mol. The van der Waals surface area contributed by atoms with Gasteiger partial charge < -0.3 is 15.3 Å². The Hall–Kier alpha value is -1.34. The van der Waals surface area contributed by atoms with Gasteiger partial charge in [-0.05, 0) is 14.1 Å². The predicted molar refractivity (Wildman–Crippen MR) is 59.3 cm³/mol. The Bertz CT molecular complexity index is 400. The first-order chi connectivity index (χ1) is 8.32. The number of benzene rings is 1. The minimum Gasteiger partial charge on any atom is -0.390 e. The summed E-state index contributed by atoms with van der Waals surface area (Å²) >= 11 is 0. The van der Waals surface area contributed by atoms with Crippen LogP contribution in [0.3, 0.4) is 0 Å². The van der Waals surface area contributed by atoms with E-state index in [1.165, 1.54) is 0 Å². The third-order valence-corrected chi connectivity index (χ3v) is 2.20. The summed E-state index contributed by atoms with van der Waals surface area (Å²) in [4.78, 5) is 1.66. The second-order valence-electron chi connectivity index (χ2n) is 4.14. The smallest absolute Gasteiger partial charge is 0.185 e. The minimum atomic E-state index is -1.51. The van der Waals surface area contributed by atoms with Gasteiger partial charge in [-0.25, -0.2) is 17.6 Å². The van der Waals surface area contributed by atoms with Crippen LogP contribution in [-0.4, -0.2) is 43.3 Å². The van der Waals surface area contributed by atoms with E-state index in [9.17, 15) is 22.7 Å². The molecule has 0 amide bonds. The van der Waals surface area contributed by atoms with E-state index >= 15 is 0 Å². The van der Waals surface area contributed by atoms with Crippen LogP contribution in [0.4, 0.5) is 23.2 Å². The van der Waals surface area contributed by atoms with Crippen molar-refractivity contribution in [3.05, 3.63) is 29.3 Å². The van der Waals surface area contributed by atoms with Crippen molar-refractivity contribution in [3.8, 4) is 0 Å². The van der Waals surface area contributed by atoms with Gasteiger partial charge in [0.15, 0.2) is 23.3 Å². The van der Waals surface area contributed by atoms with Crippen LogP contribution in [0.1, 0.15) is 0 Å². The molecule has 0 heterocycles. The zero-order chi connectivity index (χ0) is 13.9. The molecular weight excluding hydrogens is 252 g/mol. The van der Waals surface area contributed by atoms with E-state index in [4.69, 9.17) is 0 Å². The average Bonchev–Trinajstić information content (AvgIpc) is 2.25. The third kappa shape index (κ3) is 3.58. The number of hydrogen-bond acceptors (Lipinski definition) is 3. The van der Waals surface area contributed by atoms with Gasteiger partial charge in [0.2, 0.25) is 0 Å². The van der Waals surface area contributed by atoms with Gasteiger partial charge in [0.1, 0.15) is 5.69 Å². The molecule has 0 saturated carbocycles. The van der Waals surface area contributed by atoms with Gasteiger partial charge in [0.05, 0.1) is 6.10 Å². The maximum Gasteiger partial charge on any atom is 0.185 e. The van der Waals surface area contributed by atoms with Gasteiger partial charge in [-0.15, -0.1) is 0 Å². The van der Waals surface area contributed by atoms with Crippen molar-refractivity contribution >= 4 is 5.69 Å². The third-order valence-electron chi connectivity index (χ3n) is 2.20. The molecule has 1 aromatic carbocycles. The molecule has 1 aromatic rings. The largest absolute Gasteiger partial charge is 0.390 e. The van der Waals surface area contributed by atoms with Crippen molar-refractivity contribution in [3.63, 3.8) is 0 Å². The highest BCUT2D eigenvalue weighted by molar-refractivity contribution is 5.47. The van der Waals surface area contributed by atoms with Crippen LogP contribution in [0, 0.1) is 23.3 Å². The molecule has 1 atom stereocenters. The second kappa shape index (κ2) is 6.01. The standard InChI is InChI=1S/C11H14F4N2O/c1-17(2)5-6(18)4-16-11-9(14)7(12)3-8(13)10(11)15/h3,6,16,18H,4-5H2,1-2H3. The molecular formula is C11H14F4N2O. The lowest BCUT2D eigenvalue weighted by Crippen LogP contribution is -2.32. The van der Waals surface area contributed by atoms with Crippen LogP contribution < -0.4 is 5.32 Å². The highest BCUT2D eigenvalue weighted by atomic mass is 19.2. The SMILES string of the molecule is CN(C)CC(O)CNc1c(F)c(F)cc(F)c1F. The highest BCUT2D eigenvalue weighted by Gasteiger charge is 2.19. The van der Waals surface area contributed by atoms with E-state index in [0.29, 0.717) is 0 Å². The quantitative estimate of drug-likeness (QED) is 0.627. The Morgan fingerprint density at radius 3 is 2.11 bits per heavy atom. The summed E-state index contributed by atoms with van der Waals surface area (Å²) in [5.74, 6) is -5.99. The van der Waals surface area contributed by atoms with Crippen LogP contribution in [0.15, 0.2) is 6.07 Å². The Labute approximate surface area is 102 Å². The van der Waals surface area contributed by atoms with E-state index < -0.39 is 35.1 Å². The summed E-state index contributed by atoms with van der Waals surface area (Å²) in [6.07, 6.45) is -0.926. The van der Waals surface area contributed by atoms with Gasteiger partial charge >= 0.3 is 0 Å². The summed E-state index contributed by atoms with van der Waals surface area (Å²) in [6.45, 7) is 0.0168. The van der Waals surface area contributed by atoms with Crippen LogP contribution >= 0.6 is 0 Å². The van der Waals surface area contributed by atoms with Crippen molar-refractivity contribution in [2.24, 2.45) is 0 Å². The lowest BCUT2D eigenvalue weighted by molar-refractivity contribution is 0.148. The number of anilines is 1. The van der Waals surface area contributed by atoms with E-state index in [-0.39, 0.29) is 19.2 Å². The maximum atomic E-state index is 13.2. The average molecular weight is 266 g/mol. The van der Waals surface area contributed by atoms with Crippen molar-refractivity contribution in [2.75, 3.05) is 32.5 Å². The molecule has 0 spiro atoms. The first-order valence-electron chi connectivity index (χ1n) is 5.22. The molecule has 0 aliphatic carbocycles. The normalized spacial score (nSPS) is 12.9. The van der Waals surface area contributed by atoms with Crippen LogP contribution in [-0.2, 0) is 0 Å². The Morgan fingerprint density at radius 1 is 1.17 bits per heavy atom. The number of nitrogens with zero attached hydrogens (tertiary/aromatic N) is 1. The fourth-order valence-electron chi connectivity index (χ4n) is 1.43. The molecule has 2 N–H and O–H groups in total. The highest BCUT2D eigenvalue weighted by Crippen LogP contribution is 2.23. The molecule has 0 saturated heterocycles. The molecule has 0 aliphatic rings. The lowest BCUT2D eigenvalue weighted by Gasteiger charge is -2.17. The van der Waals surface area contributed by atoms with Crippen molar-refractivity contribution < 1.29 is 22.7 Å². The Kier molecular flexibility index (Phi) is 4.92. The molecule has 3 nitrogen and oxygen atoms in total. The number of rotatable bonds is 5. The molecule has 1 rings (SSSR count). The summed E-state index contributed by atoms with van der Waals surface area (Å²) < 4.78 is 52.2. The first kappa shape index (κ1) is 14.7. The summed E-state index contributed by atoms with van der Waals surface area (Å²) in [6, 6.07) is 0.131. The number of likely N-dealkylation sites (N-methyl/N-ethyl adjacent to an activating group) is 1. The zero-order valence-electron chi connectivity index (χ0n) is 9.98. The summed E-state index contributed by atoms with van der Waals surface area (Å²) in [5, 5.41) is 11.6. The van der Waals surface area contributed by atoms with Gasteiger partial charge in [-0.1, -0.05) is 0 Å². The number of halogens is 4. The number of aliphatic hydroxyl groups is 1. The fourth-order valence-corrected chi connectivity index (χ4v) is 1.43.